The van der Waals surface area contributed by atoms with Gasteiger partial charge in [-0.3, -0.25) is 9.59 Å². The minimum Gasteiger partial charge on any atom is -0.268 e. The molecule has 1 aliphatic heterocycles. The molecule has 0 saturated heterocycles. The molecule has 1 aliphatic rings. The van der Waals surface area contributed by atoms with Crippen molar-refractivity contribution in [3.8, 4) is 0 Å². The van der Waals surface area contributed by atoms with Crippen LogP contribution in [0.2, 0.25) is 0 Å². The Hall–Kier alpha value is -2.45. The first kappa shape index (κ1) is 11.0. The average Bonchev–Trinajstić information content (AvgIpc) is 2.60. The lowest BCUT2D eigenvalue weighted by atomic mass is 10.1. The molecular weight excluding hydrogens is 216 g/mol. The summed E-state index contributed by atoms with van der Waals surface area (Å²) >= 11 is 0. The molecule has 2 amide bonds. The van der Waals surface area contributed by atoms with Gasteiger partial charge in [0.15, 0.2) is 0 Å². The van der Waals surface area contributed by atoms with Gasteiger partial charge in [-0.15, -0.1) is 6.58 Å². The number of carbonyl (C=O) groups is 2. The molecule has 84 valence electrons. The van der Waals surface area contributed by atoms with Crippen molar-refractivity contribution in [3.05, 3.63) is 54.2 Å². The first-order valence-corrected chi connectivity index (χ1v) is 5.09. The molecule has 0 aliphatic carbocycles. The van der Waals surface area contributed by atoms with Gasteiger partial charge in [0, 0.05) is 0 Å². The highest BCUT2D eigenvalue weighted by Crippen LogP contribution is 2.21. The second-order valence-corrected chi connectivity index (χ2v) is 3.41. The Morgan fingerprint density at radius 2 is 1.82 bits per heavy atom. The molecule has 0 spiro atoms. The summed E-state index contributed by atoms with van der Waals surface area (Å²) in [4.78, 5) is 28.5. The molecule has 0 radical (unpaired) electrons. The summed E-state index contributed by atoms with van der Waals surface area (Å²) in [5.74, 6) is 1.86. The third-order valence-corrected chi connectivity index (χ3v) is 2.32. The topological polar surface area (TPSA) is 49.7 Å². The number of aliphatic imine (C=N–C) groups is 1. The number of amides is 2. The molecule has 0 fully saturated rings. The Morgan fingerprint density at radius 1 is 1.24 bits per heavy atom. The summed E-state index contributed by atoms with van der Waals surface area (Å²) in [6, 6.07) is 6.71. The van der Waals surface area contributed by atoms with Gasteiger partial charge in [0.1, 0.15) is 0 Å². The van der Waals surface area contributed by atoms with Gasteiger partial charge in [-0.25, -0.2) is 9.89 Å². The predicted molar refractivity (Wildman–Crippen MR) is 64.0 cm³/mol. The number of hydrogen-bond donors (Lipinski definition) is 0. The Kier molecular flexibility index (Phi) is 2.99. The van der Waals surface area contributed by atoms with E-state index in [4.69, 9.17) is 0 Å². The van der Waals surface area contributed by atoms with Crippen LogP contribution in [-0.2, 0) is 0 Å². The highest BCUT2D eigenvalue weighted by Gasteiger charge is 2.33. The maximum absolute atomic E-state index is 11.8. The zero-order valence-electron chi connectivity index (χ0n) is 9.09. The summed E-state index contributed by atoms with van der Waals surface area (Å²) < 4.78 is 0. The van der Waals surface area contributed by atoms with Crippen LogP contribution < -0.4 is 0 Å². The lowest BCUT2D eigenvalue weighted by Crippen LogP contribution is -2.23. The van der Waals surface area contributed by atoms with Crippen molar-refractivity contribution in [2.45, 2.75) is 0 Å². The highest BCUT2D eigenvalue weighted by molar-refractivity contribution is 6.22. The lowest BCUT2D eigenvalue weighted by molar-refractivity contribution is 0.0723. The summed E-state index contributed by atoms with van der Waals surface area (Å²) in [7, 11) is 0. The van der Waals surface area contributed by atoms with E-state index in [1.54, 1.807) is 30.3 Å². The molecule has 2 rings (SSSR count). The Labute approximate surface area is 98.6 Å². The average molecular weight is 226 g/mol. The number of hydrogen-bond acceptors (Lipinski definition) is 3. The van der Waals surface area contributed by atoms with E-state index in [0.717, 1.165) is 4.90 Å². The monoisotopic (exact) mass is 226 g/mol. The van der Waals surface area contributed by atoms with Crippen LogP contribution in [-0.4, -0.2) is 29.1 Å². The van der Waals surface area contributed by atoms with Gasteiger partial charge in [0.25, 0.3) is 11.8 Å². The van der Waals surface area contributed by atoms with Crippen molar-refractivity contribution in [2.75, 3.05) is 6.54 Å². The van der Waals surface area contributed by atoms with Crippen LogP contribution >= 0.6 is 0 Å². The van der Waals surface area contributed by atoms with E-state index in [-0.39, 0.29) is 11.8 Å². The minimum absolute atomic E-state index is 0.341. The molecule has 0 bridgehead atoms. The molecule has 0 atom stereocenters. The third kappa shape index (κ3) is 1.94. The van der Waals surface area contributed by atoms with Gasteiger partial charge < -0.3 is 0 Å². The van der Waals surface area contributed by atoms with E-state index in [9.17, 15) is 9.59 Å². The number of carbonyl (C=O) groups excluding carboxylic acids is 2. The molecule has 0 N–H and O–H groups in total. The quantitative estimate of drug-likeness (QED) is 0.447. The molecule has 0 aromatic heterocycles. The molecule has 0 unspecified atom stereocenters. The lowest BCUT2D eigenvalue weighted by Gasteiger charge is -2.03. The number of benzene rings is 1. The van der Waals surface area contributed by atoms with Crippen molar-refractivity contribution in [1.82, 2.24) is 4.90 Å². The van der Waals surface area contributed by atoms with Crippen LogP contribution in [0.3, 0.4) is 0 Å². The number of fused-ring (bicyclic) bond motifs is 1. The third-order valence-electron chi connectivity index (χ3n) is 2.32. The zero-order chi connectivity index (χ0) is 12.3. The second kappa shape index (κ2) is 4.60. The SMILES string of the molecule is C=CCN=C=CN1C(=O)c2ccccc2C1=O. The number of nitrogens with zero attached hydrogens (tertiary/aromatic N) is 2. The molecule has 1 heterocycles. The van der Waals surface area contributed by atoms with E-state index in [1.165, 1.54) is 6.20 Å². The predicted octanol–water partition coefficient (Wildman–Crippen LogP) is 1.65. The van der Waals surface area contributed by atoms with Gasteiger partial charge in [-0.1, -0.05) is 18.2 Å². The molecule has 0 saturated carbocycles. The van der Waals surface area contributed by atoms with Crippen molar-refractivity contribution in [3.63, 3.8) is 0 Å². The fourth-order valence-corrected chi connectivity index (χ4v) is 1.54. The fraction of sp³-hybridized carbons (Fsp3) is 0.0769. The van der Waals surface area contributed by atoms with E-state index in [2.05, 4.69) is 17.4 Å². The first-order chi connectivity index (χ1) is 8.25. The smallest absolute Gasteiger partial charge is 0.266 e. The standard InChI is InChI=1S/C13H10N2O2/c1-2-7-14-8-9-15-12(16)10-5-3-4-6-11(10)13(15)17/h2-6,9H,1,7H2. The molecule has 4 heteroatoms. The van der Waals surface area contributed by atoms with Crippen molar-refractivity contribution in [2.24, 2.45) is 4.99 Å². The zero-order valence-corrected chi connectivity index (χ0v) is 9.09. The molecular formula is C13H10N2O2. The van der Waals surface area contributed by atoms with Crippen molar-refractivity contribution < 1.29 is 9.59 Å². The Morgan fingerprint density at radius 3 is 2.35 bits per heavy atom. The summed E-state index contributed by atoms with van der Waals surface area (Å²) in [6.07, 6.45) is 2.86. The first-order valence-electron chi connectivity index (χ1n) is 5.09. The summed E-state index contributed by atoms with van der Waals surface area (Å²) in [6.45, 7) is 3.90. The van der Waals surface area contributed by atoms with Crippen molar-refractivity contribution in [1.29, 1.82) is 0 Å². The Balaban J connectivity index is 2.30. The van der Waals surface area contributed by atoms with Crippen LogP contribution in [0.15, 0.2) is 48.1 Å². The van der Waals surface area contributed by atoms with Crippen LogP contribution in [0.4, 0.5) is 0 Å². The normalized spacial score (nSPS) is 13.1. The van der Waals surface area contributed by atoms with Crippen LogP contribution in [0, 0.1) is 0 Å². The minimum atomic E-state index is -0.341. The van der Waals surface area contributed by atoms with Gasteiger partial charge >= 0.3 is 0 Å². The van der Waals surface area contributed by atoms with E-state index in [0.29, 0.717) is 17.7 Å². The highest BCUT2D eigenvalue weighted by atomic mass is 16.2. The van der Waals surface area contributed by atoms with E-state index in [1.807, 2.05) is 0 Å². The maximum Gasteiger partial charge on any atom is 0.266 e. The largest absolute Gasteiger partial charge is 0.268 e. The molecule has 1 aromatic carbocycles. The summed E-state index contributed by atoms with van der Waals surface area (Å²) in [5.41, 5.74) is 0.832. The molecule has 4 nitrogen and oxygen atoms in total. The van der Waals surface area contributed by atoms with E-state index >= 15 is 0 Å². The molecule has 17 heavy (non-hydrogen) atoms. The van der Waals surface area contributed by atoms with Crippen LogP contribution in [0.5, 0.6) is 0 Å². The van der Waals surface area contributed by atoms with Crippen molar-refractivity contribution >= 4 is 17.7 Å². The van der Waals surface area contributed by atoms with E-state index < -0.39 is 0 Å². The van der Waals surface area contributed by atoms with Gasteiger partial charge in [0.05, 0.1) is 23.9 Å². The molecule has 1 aromatic rings. The second-order valence-electron chi connectivity index (χ2n) is 3.41. The van der Waals surface area contributed by atoms with Gasteiger partial charge in [-0.05, 0) is 18.0 Å². The summed E-state index contributed by atoms with van der Waals surface area (Å²) in [5, 5.41) is 0. The Bertz CT molecular complexity index is 519. The van der Waals surface area contributed by atoms with Gasteiger partial charge in [-0.2, -0.15) is 0 Å². The fourth-order valence-electron chi connectivity index (χ4n) is 1.54. The van der Waals surface area contributed by atoms with Crippen LogP contribution in [0.25, 0.3) is 0 Å². The number of rotatable bonds is 3. The maximum atomic E-state index is 11.8. The van der Waals surface area contributed by atoms with Crippen LogP contribution in [0.1, 0.15) is 20.7 Å². The number of imide groups is 1. The van der Waals surface area contributed by atoms with Gasteiger partial charge in [0.2, 0.25) is 0 Å².